The molecular weight excluding hydrogens is 348 g/mol. The quantitative estimate of drug-likeness (QED) is 0.746. The van der Waals surface area contributed by atoms with E-state index in [-0.39, 0.29) is 5.91 Å². The summed E-state index contributed by atoms with van der Waals surface area (Å²) in [5.41, 5.74) is 1.56. The Labute approximate surface area is 147 Å². The molecule has 0 spiro atoms. The molecule has 1 fully saturated rings. The summed E-state index contributed by atoms with van der Waals surface area (Å²) in [6.45, 7) is 3.64. The number of carbonyl (C=O) groups excluding carboxylic acids is 1. The maximum atomic E-state index is 12.5. The Kier molecular flexibility index (Phi) is 4.09. The van der Waals surface area contributed by atoms with E-state index in [0.29, 0.717) is 21.9 Å². The Morgan fingerprint density at radius 3 is 2.92 bits per heavy atom. The SMILES string of the molecule is O=C(Nc1cscc1Cl)c1cnn2ccc(N3CCNCC3)nc12. The van der Waals surface area contributed by atoms with Gasteiger partial charge in [0.2, 0.25) is 0 Å². The van der Waals surface area contributed by atoms with Crippen molar-refractivity contribution in [3.05, 3.63) is 39.8 Å². The van der Waals surface area contributed by atoms with Crippen molar-refractivity contribution >= 4 is 46.0 Å². The molecule has 4 rings (SSSR count). The minimum absolute atomic E-state index is 0.268. The largest absolute Gasteiger partial charge is 0.354 e. The number of hydrogen-bond donors (Lipinski definition) is 2. The summed E-state index contributed by atoms with van der Waals surface area (Å²) in [5, 5.41) is 14.4. The van der Waals surface area contributed by atoms with E-state index in [2.05, 4.69) is 25.6 Å². The van der Waals surface area contributed by atoms with Crippen LogP contribution >= 0.6 is 22.9 Å². The van der Waals surface area contributed by atoms with Crippen molar-refractivity contribution in [2.75, 3.05) is 36.4 Å². The lowest BCUT2D eigenvalue weighted by Crippen LogP contribution is -2.43. The lowest BCUT2D eigenvalue weighted by molar-refractivity contribution is 0.102. The first-order valence-corrected chi connectivity index (χ1v) is 8.87. The Balaban J connectivity index is 1.65. The van der Waals surface area contributed by atoms with Gasteiger partial charge in [-0.05, 0) is 6.07 Å². The van der Waals surface area contributed by atoms with Crippen LogP contribution in [-0.4, -0.2) is 46.7 Å². The first kappa shape index (κ1) is 15.4. The number of carbonyl (C=O) groups is 1. The molecular formula is C15H15ClN6OS. The van der Waals surface area contributed by atoms with Gasteiger partial charge in [-0.2, -0.15) is 5.10 Å². The Hall–Kier alpha value is -2.16. The molecule has 3 aromatic heterocycles. The van der Waals surface area contributed by atoms with Crippen LogP contribution in [0.15, 0.2) is 29.2 Å². The molecule has 0 aliphatic carbocycles. The van der Waals surface area contributed by atoms with E-state index in [4.69, 9.17) is 11.6 Å². The van der Waals surface area contributed by atoms with Gasteiger partial charge in [0.15, 0.2) is 5.65 Å². The summed E-state index contributed by atoms with van der Waals surface area (Å²) in [4.78, 5) is 19.4. The summed E-state index contributed by atoms with van der Waals surface area (Å²) < 4.78 is 1.61. The second kappa shape index (κ2) is 6.39. The molecule has 1 aliphatic rings. The van der Waals surface area contributed by atoms with E-state index in [1.807, 2.05) is 12.3 Å². The topological polar surface area (TPSA) is 74.6 Å². The summed E-state index contributed by atoms with van der Waals surface area (Å²) in [6.07, 6.45) is 3.35. The van der Waals surface area contributed by atoms with E-state index in [9.17, 15) is 4.79 Å². The van der Waals surface area contributed by atoms with E-state index in [1.165, 1.54) is 17.5 Å². The van der Waals surface area contributed by atoms with Crippen LogP contribution in [-0.2, 0) is 0 Å². The minimum Gasteiger partial charge on any atom is -0.354 e. The molecule has 9 heteroatoms. The van der Waals surface area contributed by atoms with Gasteiger partial charge in [0.05, 0.1) is 16.9 Å². The molecule has 2 N–H and O–H groups in total. The van der Waals surface area contributed by atoms with Crippen molar-refractivity contribution in [1.29, 1.82) is 0 Å². The highest BCUT2D eigenvalue weighted by Crippen LogP contribution is 2.26. The molecule has 0 radical (unpaired) electrons. The van der Waals surface area contributed by atoms with Crippen molar-refractivity contribution in [1.82, 2.24) is 19.9 Å². The zero-order valence-corrected chi connectivity index (χ0v) is 14.3. The summed E-state index contributed by atoms with van der Waals surface area (Å²) in [6, 6.07) is 1.92. The molecule has 7 nitrogen and oxygen atoms in total. The van der Waals surface area contributed by atoms with Gasteiger partial charge in [-0.1, -0.05) is 11.6 Å². The van der Waals surface area contributed by atoms with Gasteiger partial charge in [0, 0.05) is 43.1 Å². The van der Waals surface area contributed by atoms with Gasteiger partial charge >= 0.3 is 0 Å². The third-order valence-electron chi connectivity index (χ3n) is 3.90. The van der Waals surface area contributed by atoms with Gasteiger partial charge in [0.1, 0.15) is 11.4 Å². The third kappa shape index (κ3) is 2.83. The number of thiophene rings is 1. The van der Waals surface area contributed by atoms with Crippen LogP contribution in [0.4, 0.5) is 11.5 Å². The second-order valence-corrected chi connectivity index (χ2v) is 6.59. The summed E-state index contributed by atoms with van der Waals surface area (Å²) >= 11 is 7.47. The molecule has 1 aliphatic heterocycles. The van der Waals surface area contributed by atoms with Crippen molar-refractivity contribution < 1.29 is 4.79 Å². The van der Waals surface area contributed by atoms with Crippen LogP contribution < -0.4 is 15.5 Å². The Bertz CT molecular complexity index is 885. The highest BCUT2D eigenvalue weighted by atomic mass is 35.5. The molecule has 0 unspecified atom stereocenters. The highest BCUT2D eigenvalue weighted by Gasteiger charge is 2.18. The minimum atomic E-state index is -0.268. The van der Waals surface area contributed by atoms with Crippen LogP contribution in [0.3, 0.4) is 0 Å². The van der Waals surface area contributed by atoms with Crippen molar-refractivity contribution in [3.63, 3.8) is 0 Å². The second-order valence-electron chi connectivity index (χ2n) is 5.44. The molecule has 1 saturated heterocycles. The molecule has 0 atom stereocenters. The van der Waals surface area contributed by atoms with Gasteiger partial charge in [-0.15, -0.1) is 11.3 Å². The normalized spacial score (nSPS) is 15.0. The van der Waals surface area contributed by atoms with Gasteiger partial charge in [-0.3, -0.25) is 4.79 Å². The first-order chi connectivity index (χ1) is 11.7. The number of rotatable bonds is 3. The van der Waals surface area contributed by atoms with Crippen molar-refractivity contribution in [2.45, 2.75) is 0 Å². The third-order valence-corrected chi connectivity index (χ3v) is 5.09. The standard InChI is InChI=1S/C15H15ClN6OS/c16-11-8-24-9-12(11)19-15(23)10-7-18-22-4-1-13(20-14(10)22)21-5-2-17-3-6-21/h1,4,7-9,17H,2-3,5-6H2,(H,19,23). The number of anilines is 2. The molecule has 24 heavy (non-hydrogen) atoms. The molecule has 3 aromatic rings. The highest BCUT2D eigenvalue weighted by molar-refractivity contribution is 7.09. The van der Waals surface area contributed by atoms with Gasteiger partial charge in [-0.25, -0.2) is 9.50 Å². The first-order valence-electron chi connectivity index (χ1n) is 7.55. The van der Waals surface area contributed by atoms with Crippen molar-refractivity contribution in [2.24, 2.45) is 0 Å². The number of nitrogens with zero attached hydrogens (tertiary/aromatic N) is 4. The number of aromatic nitrogens is 3. The maximum absolute atomic E-state index is 12.5. The number of piperazine rings is 1. The average Bonchev–Trinajstić information content (AvgIpc) is 3.21. The number of fused-ring (bicyclic) bond motifs is 1. The average molecular weight is 363 g/mol. The smallest absolute Gasteiger partial charge is 0.261 e. The predicted molar refractivity (Wildman–Crippen MR) is 95.4 cm³/mol. The van der Waals surface area contributed by atoms with Crippen molar-refractivity contribution in [3.8, 4) is 0 Å². The molecule has 0 bridgehead atoms. The van der Waals surface area contributed by atoms with Gasteiger partial charge < -0.3 is 15.5 Å². The fourth-order valence-electron chi connectivity index (χ4n) is 2.65. The molecule has 0 saturated carbocycles. The van der Waals surface area contributed by atoms with Crippen LogP contribution in [0.5, 0.6) is 0 Å². The van der Waals surface area contributed by atoms with E-state index in [1.54, 1.807) is 15.3 Å². The molecule has 1 amide bonds. The lowest BCUT2D eigenvalue weighted by atomic mass is 10.3. The summed E-state index contributed by atoms with van der Waals surface area (Å²) in [7, 11) is 0. The number of halogens is 1. The molecule has 4 heterocycles. The van der Waals surface area contributed by atoms with Crippen LogP contribution in [0, 0.1) is 0 Å². The van der Waals surface area contributed by atoms with E-state index < -0.39 is 0 Å². The molecule has 0 aromatic carbocycles. The van der Waals surface area contributed by atoms with Crippen LogP contribution in [0.2, 0.25) is 5.02 Å². The number of hydrogen-bond acceptors (Lipinski definition) is 6. The fraction of sp³-hybridized carbons (Fsp3) is 0.267. The number of nitrogens with one attached hydrogen (secondary N) is 2. The van der Waals surface area contributed by atoms with Crippen LogP contribution in [0.1, 0.15) is 10.4 Å². The maximum Gasteiger partial charge on any atom is 0.261 e. The lowest BCUT2D eigenvalue weighted by Gasteiger charge is -2.28. The summed E-state index contributed by atoms with van der Waals surface area (Å²) in [5.74, 6) is 0.586. The Morgan fingerprint density at radius 1 is 1.33 bits per heavy atom. The zero-order chi connectivity index (χ0) is 16.5. The van der Waals surface area contributed by atoms with Gasteiger partial charge in [0.25, 0.3) is 5.91 Å². The Morgan fingerprint density at radius 2 is 2.17 bits per heavy atom. The monoisotopic (exact) mass is 362 g/mol. The zero-order valence-electron chi connectivity index (χ0n) is 12.7. The predicted octanol–water partition coefficient (Wildman–Crippen LogP) is 2.11. The fourth-order valence-corrected chi connectivity index (χ4v) is 3.61. The van der Waals surface area contributed by atoms with E-state index >= 15 is 0 Å². The van der Waals surface area contributed by atoms with Crippen LogP contribution in [0.25, 0.3) is 5.65 Å². The van der Waals surface area contributed by atoms with E-state index in [0.717, 1.165) is 32.0 Å². The number of amides is 1. The molecule has 124 valence electrons.